The second-order valence-corrected chi connectivity index (χ2v) is 2.11. The van der Waals surface area contributed by atoms with Crippen LogP contribution in [-0.2, 0) is 9.53 Å². The molecule has 0 aliphatic carbocycles. The van der Waals surface area contributed by atoms with Gasteiger partial charge < -0.3 is 9.84 Å². The van der Waals surface area contributed by atoms with Gasteiger partial charge in [0.25, 0.3) is 0 Å². The van der Waals surface area contributed by atoms with Gasteiger partial charge >= 0.3 is 5.97 Å². The number of hydrogen-bond donors (Lipinski definition) is 1. The molecule has 0 aromatic rings. The number of ether oxygens (including phenoxy) is 1. The van der Waals surface area contributed by atoms with Gasteiger partial charge in [-0.3, -0.25) is 0 Å². The molecule has 4 nitrogen and oxygen atoms in total. The van der Waals surface area contributed by atoms with Crippen molar-refractivity contribution in [2.45, 2.75) is 20.0 Å². The minimum atomic E-state index is -1.32. The Hall–Kier alpha value is -1.08. The van der Waals surface area contributed by atoms with E-state index >= 15 is 0 Å². The molecule has 0 saturated carbocycles. The Morgan fingerprint density at radius 1 is 1.82 bits per heavy atom. The van der Waals surface area contributed by atoms with Crippen LogP contribution in [0.25, 0.3) is 0 Å². The van der Waals surface area contributed by atoms with Crippen molar-refractivity contribution < 1.29 is 14.6 Å². The molecule has 0 spiro atoms. The minimum Gasteiger partial charge on any atom is -0.464 e. The summed E-state index contributed by atoms with van der Waals surface area (Å²) >= 11 is 0. The standard InChI is InChI=1S/C7H11NO3/c1-3-11-7(10)6(9)5(2)4-8/h5-6,9H,3H2,1-2H3. The van der Waals surface area contributed by atoms with E-state index in [1.807, 2.05) is 0 Å². The van der Waals surface area contributed by atoms with Crippen LogP contribution >= 0.6 is 0 Å². The molecule has 0 heterocycles. The molecule has 0 fully saturated rings. The number of nitriles is 1. The van der Waals surface area contributed by atoms with Gasteiger partial charge in [-0.05, 0) is 13.8 Å². The highest BCUT2D eigenvalue weighted by Gasteiger charge is 2.22. The fourth-order valence-electron chi connectivity index (χ4n) is 0.502. The van der Waals surface area contributed by atoms with Crippen molar-refractivity contribution >= 4 is 5.97 Å². The van der Waals surface area contributed by atoms with E-state index in [1.54, 1.807) is 13.0 Å². The monoisotopic (exact) mass is 157 g/mol. The SMILES string of the molecule is CCOC(=O)C(O)C(C)C#N. The lowest BCUT2D eigenvalue weighted by molar-refractivity contribution is -0.154. The molecule has 2 atom stereocenters. The molecule has 4 heteroatoms. The summed E-state index contributed by atoms with van der Waals surface area (Å²) in [6, 6.07) is 1.75. The second kappa shape index (κ2) is 4.69. The van der Waals surface area contributed by atoms with Gasteiger partial charge in [0.2, 0.25) is 0 Å². The molecule has 11 heavy (non-hydrogen) atoms. The number of rotatable bonds is 3. The molecule has 0 aliphatic rings. The van der Waals surface area contributed by atoms with E-state index in [1.165, 1.54) is 6.92 Å². The molecule has 1 N–H and O–H groups in total. The number of carbonyl (C=O) groups is 1. The molecule has 2 unspecified atom stereocenters. The van der Waals surface area contributed by atoms with Crippen molar-refractivity contribution in [3.63, 3.8) is 0 Å². The summed E-state index contributed by atoms with van der Waals surface area (Å²) in [5, 5.41) is 17.3. The van der Waals surface area contributed by atoms with Gasteiger partial charge in [0, 0.05) is 0 Å². The number of hydrogen-bond acceptors (Lipinski definition) is 4. The largest absolute Gasteiger partial charge is 0.464 e. The van der Waals surface area contributed by atoms with Gasteiger partial charge in [-0.25, -0.2) is 4.79 Å². The van der Waals surface area contributed by atoms with E-state index in [2.05, 4.69) is 4.74 Å². The van der Waals surface area contributed by atoms with Crippen molar-refractivity contribution in [1.82, 2.24) is 0 Å². The highest BCUT2D eigenvalue weighted by atomic mass is 16.5. The first-order valence-corrected chi connectivity index (χ1v) is 3.37. The van der Waals surface area contributed by atoms with E-state index < -0.39 is 18.0 Å². The summed E-state index contributed by atoms with van der Waals surface area (Å²) < 4.78 is 4.49. The van der Waals surface area contributed by atoms with E-state index in [9.17, 15) is 4.79 Å². The summed E-state index contributed by atoms with van der Waals surface area (Å²) in [6.45, 7) is 3.32. The minimum absolute atomic E-state index is 0.216. The lowest BCUT2D eigenvalue weighted by Crippen LogP contribution is -2.28. The Morgan fingerprint density at radius 2 is 2.36 bits per heavy atom. The van der Waals surface area contributed by atoms with E-state index in [-0.39, 0.29) is 6.61 Å². The van der Waals surface area contributed by atoms with Gasteiger partial charge in [-0.2, -0.15) is 5.26 Å². The Balaban J connectivity index is 3.93. The van der Waals surface area contributed by atoms with Crippen LogP contribution in [-0.4, -0.2) is 23.8 Å². The third-order valence-corrected chi connectivity index (χ3v) is 1.21. The molecule has 0 radical (unpaired) electrons. The van der Waals surface area contributed by atoms with Crippen molar-refractivity contribution in [1.29, 1.82) is 5.26 Å². The predicted molar refractivity (Wildman–Crippen MR) is 37.4 cm³/mol. The first kappa shape index (κ1) is 9.92. The topological polar surface area (TPSA) is 70.3 Å². The van der Waals surface area contributed by atoms with Crippen LogP contribution in [0.2, 0.25) is 0 Å². The summed E-state index contributed by atoms with van der Waals surface area (Å²) in [7, 11) is 0. The number of nitrogens with zero attached hydrogens (tertiary/aromatic N) is 1. The van der Waals surface area contributed by atoms with Crippen molar-refractivity contribution in [2.75, 3.05) is 6.61 Å². The van der Waals surface area contributed by atoms with Crippen LogP contribution in [0, 0.1) is 17.2 Å². The molecule has 0 rings (SSSR count). The smallest absolute Gasteiger partial charge is 0.336 e. The van der Waals surface area contributed by atoms with Crippen molar-refractivity contribution in [3.8, 4) is 6.07 Å². The fraction of sp³-hybridized carbons (Fsp3) is 0.714. The van der Waals surface area contributed by atoms with Gasteiger partial charge in [-0.1, -0.05) is 0 Å². The highest BCUT2D eigenvalue weighted by Crippen LogP contribution is 2.02. The summed E-state index contributed by atoms with van der Waals surface area (Å²) in [4.78, 5) is 10.7. The number of aliphatic hydroxyl groups excluding tert-OH is 1. The number of aliphatic hydroxyl groups is 1. The zero-order valence-corrected chi connectivity index (χ0v) is 6.57. The maximum absolute atomic E-state index is 10.7. The summed E-state index contributed by atoms with van der Waals surface area (Å²) in [6.07, 6.45) is -1.32. The Kier molecular flexibility index (Phi) is 4.23. The lowest BCUT2D eigenvalue weighted by Gasteiger charge is -2.09. The first-order chi connectivity index (χ1) is 5.13. The molecular formula is C7H11NO3. The molecule has 0 bridgehead atoms. The van der Waals surface area contributed by atoms with E-state index in [0.29, 0.717) is 0 Å². The highest BCUT2D eigenvalue weighted by molar-refractivity contribution is 5.75. The molecule has 0 aromatic heterocycles. The second-order valence-electron chi connectivity index (χ2n) is 2.11. The fourth-order valence-corrected chi connectivity index (χ4v) is 0.502. The van der Waals surface area contributed by atoms with Crippen molar-refractivity contribution in [3.05, 3.63) is 0 Å². The maximum Gasteiger partial charge on any atom is 0.336 e. The molecular weight excluding hydrogens is 146 g/mol. The average molecular weight is 157 g/mol. The molecule has 0 amide bonds. The Bertz CT molecular complexity index is 173. The van der Waals surface area contributed by atoms with E-state index in [0.717, 1.165) is 0 Å². The normalized spacial score (nSPS) is 14.7. The number of esters is 1. The van der Waals surface area contributed by atoms with Crippen LogP contribution in [0.15, 0.2) is 0 Å². The molecule has 0 aliphatic heterocycles. The number of carbonyl (C=O) groups excluding carboxylic acids is 1. The summed E-state index contributed by atoms with van der Waals surface area (Å²) in [5.41, 5.74) is 0. The van der Waals surface area contributed by atoms with Crippen LogP contribution in [0.5, 0.6) is 0 Å². The van der Waals surface area contributed by atoms with Gasteiger partial charge in [0.1, 0.15) is 0 Å². The van der Waals surface area contributed by atoms with Crippen molar-refractivity contribution in [2.24, 2.45) is 5.92 Å². The summed E-state index contributed by atoms with van der Waals surface area (Å²) in [5.74, 6) is -1.45. The Morgan fingerprint density at radius 3 is 2.73 bits per heavy atom. The molecule has 62 valence electrons. The lowest BCUT2D eigenvalue weighted by atomic mass is 10.1. The zero-order valence-electron chi connectivity index (χ0n) is 6.57. The predicted octanol–water partition coefficient (Wildman–Crippen LogP) is 0.0701. The van der Waals surface area contributed by atoms with Gasteiger partial charge in [-0.15, -0.1) is 0 Å². The molecule has 0 saturated heterocycles. The van der Waals surface area contributed by atoms with Crippen LogP contribution in [0.4, 0.5) is 0 Å². The van der Waals surface area contributed by atoms with Gasteiger partial charge in [0.15, 0.2) is 6.10 Å². The van der Waals surface area contributed by atoms with Crippen LogP contribution in [0.3, 0.4) is 0 Å². The first-order valence-electron chi connectivity index (χ1n) is 3.37. The molecule has 0 aromatic carbocycles. The average Bonchev–Trinajstić information content (AvgIpc) is 2.02. The zero-order chi connectivity index (χ0) is 8.85. The Labute approximate surface area is 65.4 Å². The third kappa shape index (κ3) is 3.01. The van der Waals surface area contributed by atoms with Gasteiger partial charge in [0.05, 0.1) is 18.6 Å². The third-order valence-electron chi connectivity index (χ3n) is 1.21. The maximum atomic E-state index is 10.7. The van der Waals surface area contributed by atoms with E-state index in [4.69, 9.17) is 10.4 Å². The van der Waals surface area contributed by atoms with Crippen LogP contribution in [0.1, 0.15) is 13.8 Å². The quantitative estimate of drug-likeness (QED) is 0.588. The van der Waals surface area contributed by atoms with Crippen LogP contribution < -0.4 is 0 Å².